The molecule has 1 fully saturated rings. The van der Waals surface area contributed by atoms with E-state index < -0.39 is 29.5 Å². The summed E-state index contributed by atoms with van der Waals surface area (Å²) < 4.78 is 5.20. The minimum absolute atomic E-state index is 0.0337. The predicted molar refractivity (Wildman–Crippen MR) is 69.2 cm³/mol. The number of non-ortho nitro benzene ring substituents is 1. The van der Waals surface area contributed by atoms with E-state index in [-0.39, 0.29) is 12.3 Å². The third-order valence-corrected chi connectivity index (χ3v) is 3.22. The Hall–Kier alpha value is -1.74. The van der Waals surface area contributed by atoms with Crippen LogP contribution in [0.25, 0.3) is 0 Å². The van der Waals surface area contributed by atoms with Crippen LogP contribution in [0.5, 0.6) is 0 Å². The van der Waals surface area contributed by atoms with E-state index in [4.69, 9.17) is 4.74 Å². The number of ether oxygens (including phenoxy) is 1. The first-order valence-corrected chi connectivity index (χ1v) is 6.07. The smallest absolute Gasteiger partial charge is 0.269 e. The predicted octanol–water partition coefficient (Wildman–Crippen LogP) is -0.246. The number of aryl methyl sites for hydroxylation is 1. The Balaban J connectivity index is 2.12. The Bertz CT molecular complexity index is 509. The third kappa shape index (κ3) is 2.88. The molecule has 1 aliphatic heterocycles. The highest BCUT2D eigenvalue weighted by molar-refractivity contribution is 5.55. The number of benzene rings is 1. The van der Waals surface area contributed by atoms with Gasteiger partial charge in [-0.1, -0.05) is 0 Å². The van der Waals surface area contributed by atoms with Crippen molar-refractivity contribution >= 4 is 11.4 Å². The van der Waals surface area contributed by atoms with E-state index in [0.717, 1.165) is 0 Å². The maximum atomic E-state index is 10.6. The minimum Gasteiger partial charge on any atom is -0.388 e. The van der Waals surface area contributed by atoms with Crippen LogP contribution in [0.1, 0.15) is 5.56 Å². The zero-order valence-corrected chi connectivity index (χ0v) is 10.8. The van der Waals surface area contributed by atoms with Crippen LogP contribution in [0.4, 0.5) is 11.4 Å². The number of anilines is 1. The van der Waals surface area contributed by atoms with Gasteiger partial charge in [-0.2, -0.15) is 0 Å². The van der Waals surface area contributed by atoms with Crippen molar-refractivity contribution < 1.29 is 25.0 Å². The van der Waals surface area contributed by atoms with Gasteiger partial charge in [0.15, 0.2) is 6.23 Å². The number of hydrogen-bond donors (Lipinski definition) is 4. The largest absolute Gasteiger partial charge is 0.388 e. The summed E-state index contributed by atoms with van der Waals surface area (Å²) in [6, 6.07) is 4.22. The van der Waals surface area contributed by atoms with Gasteiger partial charge < -0.3 is 25.4 Å². The quantitative estimate of drug-likeness (QED) is 0.445. The number of aliphatic hydroxyl groups is 3. The first-order valence-electron chi connectivity index (χ1n) is 6.07. The van der Waals surface area contributed by atoms with Crippen molar-refractivity contribution in [3.63, 3.8) is 0 Å². The molecule has 0 unspecified atom stereocenters. The summed E-state index contributed by atoms with van der Waals surface area (Å²) in [4.78, 5) is 10.1. The summed E-state index contributed by atoms with van der Waals surface area (Å²) in [5.41, 5.74) is 1.12. The lowest BCUT2D eigenvalue weighted by atomic mass is 10.0. The van der Waals surface area contributed by atoms with Crippen LogP contribution in [-0.2, 0) is 4.74 Å². The number of nitro groups is 1. The first-order chi connectivity index (χ1) is 9.40. The van der Waals surface area contributed by atoms with E-state index in [1.165, 1.54) is 18.2 Å². The van der Waals surface area contributed by atoms with Gasteiger partial charge in [0, 0.05) is 17.8 Å². The van der Waals surface area contributed by atoms with Crippen molar-refractivity contribution in [1.29, 1.82) is 0 Å². The Morgan fingerprint density at radius 3 is 2.65 bits per heavy atom. The maximum absolute atomic E-state index is 10.6. The van der Waals surface area contributed by atoms with Crippen LogP contribution in [-0.4, -0.2) is 51.4 Å². The number of nitrogens with zero attached hydrogens (tertiary/aromatic N) is 1. The van der Waals surface area contributed by atoms with Crippen molar-refractivity contribution in [1.82, 2.24) is 0 Å². The topological polar surface area (TPSA) is 125 Å². The van der Waals surface area contributed by atoms with Gasteiger partial charge in [0.1, 0.15) is 18.3 Å². The molecule has 0 aliphatic carbocycles. The molecule has 0 radical (unpaired) electrons. The van der Waals surface area contributed by atoms with Crippen LogP contribution in [0.3, 0.4) is 0 Å². The lowest BCUT2D eigenvalue weighted by molar-refractivity contribution is -0.384. The van der Waals surface area contributed by atoms with Crippen LogP contribution in [0, 0.1) is 17.0 Å². The summed E-state index contributed by atoms with van der Waals surface area (Å²) in [5.74, 6) is 0. The second kappa shape index (κ2) is 5.71. The van der Waals surface area contributed by atoms with Gasteiger partial charge in [0.25, 0.3) is 5.69 Å². The van der Waals surface area contributed by atoms with E-state index in [1.807, 2.05) is 0 Å². The Kier molecular flexibility index (Phi) is 4.19. The zero-order valence-electron chi connectivity index (χ0n) is 10.8. The molecule has 8 nitrogen and oxygen atoms in total. The Morgan fingerprint density at radius 1 is 1.35 bits per heavy atom. The molecule has 0 amide bonds. The molecular formula is C12H16N2O6. The highest BCUT2D eigenvalue weighted by Crippen LogP contribution is 2.24. The van der Waals surface area contributed by atoms with E-state index in [0.29, 0.717) is 11.3 Å². The minimum atomic E-state index is -1.31. The van der Waals surface area contributed by atoms with Gasteiger partial charge in [-0.3, -0.25) is 10.1 Å². The molecule has 110 valence electrons. The summed E-state index contributed by atoms with van der Waals surface area (Å²) in [7, 11) is 0. The number of hydrogen-bond acceptors (Lipinski definition) is 7. The van der Waals surface area contributed by atoms with Gasteiger partial charge in [-0.25, -0.2) is 0 Å². The van der Waals surface area contributed by atoms with Gasteiger partial charge in [-0.05, 0) is 18.6 Å². The van der Waals surface area contributed by atoms with E-state index in [2.05, 4.69) is 5.32 Å². The summed E-state index contributed by atoms with van der Waals surface area (Å²) in [5, 5.41) is 42.2. The van der Waals surface area contributed by atoms with Crippen LogP contribution in [0.2, 0.25) is 0 Å². The molecule has 4 N–H and O–H groups in total. The number of rotatable bonds is 3. The molecule has 2 rings (SSSR count). The highest BCUT2D eigenvalue weighted by Gasteiger charge is 2.37. The average Bonchev–Trinajstić information content (AvgIpc) is 2.41. The molecule has 1 aliphatic rings. The fraction of sp³-hybridized carbons (Fsp3) is 0.500. The number of nitrogens with one attached hydrogen (secondary N) is 1. The monoisotopic (exact) mass is 284 g/mol. The van der Waals surface area contributed by atoms with Gasteiger partial charge in [-0.15, -0.1) is 0 Å². The van der Waals surface area contributed by atoms with E-state index in [9.17, 15) is 25.4 Å². The standard InChI is InChI=1S/C12H16N2O6/c1-6-4-7(14(18)19)2-3-8(6)13-12-11(17)10(16)9(15)5-20-12/h2-4,9-13,15-17H,5H2,1H3/t9-,10-,11+,12+/m1/s1. The van der Waals surface area contributed by atoms with Gasteiger partial charge in [0.05, 0.1) is 11.5 Å². The molecule has 8 heteroatoms. The normalized spacial score (nSPS) is 30.0. The van der Waals surface area contributed by atoms with Crippen molar-refractivity contribution in [2.75, 3.05) is 11.9 Å². The fourth-order valence-corrected chi connectivity index (χ4v) is 2.01. The molecule has 20 heavy (non-hydrogen) atoms. The van der Waals surface area contributed by atoms with Crippen LogP contribution in [0.15, 0.2) is 18.2 Å². The van der Waals surface area contributed by atoms with Gasteiger partial charge in [0.2, 0.25) is 0 Å². The molecular weight excluding hydrogens is 268 g/mol. The van der Waals surface area contributed by atoms with Gasteiger partial charge >= 0.3 is 0 Å². The van der Waals surface area contributed by atoms with Crippen LogP contribution < -0.4 is 5.32 Å². The lowest BCUT2D eigenvalue weighted by Crippen LogP contribution is -2.55. The summed E-state index contributed by atoms with van der Waals surface area (Å²) in [6.07, 6.45) is -4.64. The van der Waals surface area contributed by atoms with Crippen molar-refractivity contribution in [2.45, 2.75) is 31.5 Å². The van der Waals surface area contributed by atoms with E-state index in [1.54, 1.807) is 6.92 Å². The number of aliphatic hydroxyl groups excluding tert-OH is 3. The lowest BCUT2D eigenvalue weighted by Gasteiger charge is -2.36. The van der Waals surface area contributed by atoms with Crippen molar-refractivity contribution in [3.8, 4) is 0 Å². The Morgan fingerprint density at radius 2 is 2.05 bits per heavy atom. The summed E-state index contributed by atoms with van der Waals surface area (Å²) >= 11 is 0. The highest BCUT2D eigenvalue weighted by atomic mass is 16.6. The molecule has 1 aromatic carbocycles. The SMILES string of the molecule is Cc1cc([N+](=O)[O-])ccc1N[C@H]1OC[C@@H](O)[C@@H](O)[C@@H]1O. The molecule has 0 aromatic heterocycles. The van der Waals surface area contributed by atoms with E-state index >= 15 is 0 Å². The second-order valence-corrected chi connectivity index (χ2v) is 4.70. The molecule has 4 atom stereocenters. The maximum Gasteiger partial charge on any atom is 0.269 e. The van der Waals surface area contributed by atoms with Crippen LogP contribution >= 0.6 is 0 Å². The van der Waals surface area contributed by atoms with Crippen molar-refractivity contribution in [3.05, 3.63) is 33.9 Å². The zero-order chi connectivity index (χ0) is 14.9. The molecule has 1 aromatic rings. The molecule has 0 spiro atoms. The summed E-state index contributed by atoms with van der Waals surface area (Å²) in [6.45, 7) is 1.57. The van der Waals surface area contributed by atoms with Crippen molar-refractivity contribution in [2.24, 2.45) is 0 Å². The molecule has 1 heterocycles. The molecule has 0 bridgehead atoms. The fourth-order valence-electron chi connectivity index (χ4n) is 2.01. The average molecular weight is 284 g/mol. The number of nitro benzene ring substituents is 1. The second-order valence-electron chi connectivity index (χ2n) is 4.70. The molecule has 0 saturated carbocycles. The first kappa shape index (κ1) is 14.7. The molecule has 1 saturated heterocycles. The third-order valence-electron chi connectivity index (χ3n) is 3.22. The Labute approximate surface area is 114 Å².